The normalized spacial score (nSPS) is 34.8. The van der Waals surface area contributed by atoms with Crippen molar-refractivity contribution in [1.29, 1.82) is 0 Å². The van der Waals surface area contributed by atoms with Gasteiger partial charge in [0.15, 0.2) is 5.60 Å². The van der Waals surface area contributed by atoms with Crippen LogP contribution in [0.2, 0.25) is 0 Å². The molecule has 6 heteroatoms. The lowest BCUT2D eigenvalue weighted by atomic mass is 9.52. The predicted molar refractivity (Wildman–Crippen MR) is 117 cm³/mol. The van der Waals surface area contributed by atoms with E-state index >= 15 is 0 Å². The average Bonchev–Trinajstić information content (AvgIpc) is 2.98. The lowest BCUT2D eigenvalue weighted by Crippen LogP contribution is -2.56. The summed E-state index contributed by atoms with van der Waals surface area (Å²) < 4.78 is 17.0. The minimum absolute atomic E-state index is 0.0259. The summed E-state index contributed by atoms with van der Waals surface area (Å²) in [7, 11) is 0. The third-order valence-electron chi connectivity index (χ3n) is 7.90. The molecule has 0 bridgehead atoms. The second-order valence-corrected chi connectivity index (χ2v) is 9.66. The Morgan fingerprint density at radius 2 is 1.84 bits per heavy atom. The number of carbonyl (C=O) groups excluding carboxylic acids is 3. The number of benzene rings is 1. The predicted octanol–water partition coefficient (Wildman–Crippen LogP) is 3.94. The fourth-order valence-corrected chi connectivity index (χ4v) is 6.83. The average molecular weight is 439 g/mol. The van der Waals surface area contributed by atoms with E-state index in [0.717, 1.165) is 30.4 Å². The third kappa shape index (κ3) is 3.48. The first-order valence-electron chi connectivity index (χ1n) is 11.3. The van der Waals surface area contributed by atoms with Crippen molar-refractivity contribution in [3.63, 3.8) is 0 Å². The van der Waals surface area contributed by atoms with Gasteiger partial charge in [0.05, 0.1) is 0 Å². The maximum Gasteiger partial charge on any atom is 0.308 e. The number of esters is 3. The van der Waals surface area contributed by atoms with Crippen LogP contribution in [0, 0.1) is 29.6 Å². The number of rotatable bonds is 3. The zero-order valence-corrected chi connectivity index (χ0v) is 19.1. The van der Waals surface area contributed by atoms with E-state index < -0.39 is 11.0 Å². The standard InChI is InChI=1S/C26H30O6/c1-6-26(32-17(4)29)12-11-22-21-9-7-18-13-19(30-15(2)27)8-10-20(18)24(21)23(31-16(3)28)14-25(22,26)5/h1,8,10,13,21-24H,7,9,11-12,14H2,2-5H3/t21-,22+,23-,24-,25-,26+/m0/s1. The van der Waals surface area contributed by atoms with Crippen molar-refractivity contribution in [2.75, 3.05) is 0 Å². The molecule has 0 aromatic heterocycles. The molecule has 32 heavy (non-hydrogen) atoms. The largest absolute Gasteiger partial charge is 0.462 e. The second kappa shape index (κ2) is 7.95. The van der Waals surface area contributed by atoms with Crippen LogP contribution in [-0.4, -0.2) is 29.6 Å². The lowest BCUT2D eigenvalue weighted by Gasteiger charge is -2.55. The highest BCUT2D eigenvalue weighted by molar-refractivity contribution is 5.69. The van der Waals surface area contributed by atoms with Crippen LogP contribution in [0.1, 0.15) is 70.4 Å². The molecule has 0 unspecified atom stereocenters. The molecule has 6 nitrogen and oxygen atoms in total. The molecule has 1 aromatic carbocycles. The molecule has 2 saturated carbocycles. The number of fused-ring (bicyclic) bond motifs is 5. The first-order valence-corrected chi connectivity index (χ1v) is 11.3. The molecule has 170 valence electrons. The van der Waals surface area contributed by atoms with Gasteiger partial charge in [-0.2, -0.15) is 0 Å². The van der Waals surface area contributed by atoms with Crippen LogP contribution in [0.4, 0.5) is 0 Å². The van der Waals surface area contributed by atoms with Gasteiger partial charge in [-0.3, -0.25) is 14.4 Å². The maximum atomic E-state index is 12.1. The molecule has 0 N–H and O–H groups in total. The Morgan fingerprint density at radius 1 is 1.09 bits per heavy atom. The van der Waals surface area contributed by atoms with Crippen molar-refractivity contribution in [3.05, 3.63) is 29.3 Å². The van der Waals surface area contributed by atoms with E-state index in [1.165, 1.54) is 20.8 Å². The van der Waals surface area contributed by atoms with Crippen LogP contribution < -0.4 is 4.74 Å². The van der Waals surface area contributed by atoms with Crippen LogP contribution in [0.3, 0.4) is 0 Å². The number of hydrogen-bond acceptors (Lipinski definition) is 6. The fourth-order valence-electron chi connectivity index (χ4n) is 6.83. The van der Waals surface area contributed by atoms with Crippen molar-refractivity contribution in [2.45, 2.75) is 77.4 Å². The summed E-state index contributed by atoms with van der Waals surface area (Å²) in [5.41, 5.74) is 0.777. The molecule has 6 atom stereocenters. The lowest BCUT2D eigenvalue weighted by molar-refractivity contribution is -0.179. The van der Waals surface area contributed by atoms with Gasteiger partial charge in [0.2, 0.25) is 0 Å². The smallest absolute Gasteiger partial charge is 0.308 e. The summed E-state index contributed by atoms with van der Waals surface area (Å²) in [5.74, 6) is 2.80. The Balaban J connectivity index is 1.76. The van der Waals surface area contributed by atoms with Gasteiger partial charge in [-0.05, 0) is 67.2 Å². The molecule has 0 amide bonds. The molecule has 1 aromatic rings. The van der Waals surface area contributed by atoms with Crippen molar-refractivity contribution in [2.24, 2.45) is 17.3 Å². The van der Waals surface area contributed by atoms with Crippen LogP contribution in [-0.2, 0) is 30.3 Å². The van der Waals surface area contributed by atoms with Gasteiger partial charge in [0.1, 0.15) is 11.9 Å². The van der Waals surface area contributed by atoms with Crippen LogP contribution in [0.5, 0.6) is 5.75 Å². The summed E-state index contributed by atoms with van der Waals surface area (Å²) in [4.78, 5) is 35.4. The highest BCUT2D eigenvalue weighted by Gasteiger charge is 2.66. The molecule has 3 aliphatic rings. The van der Waals surface area contributed by atoms with Gasteiger partial charge in [0.25, 0.3) is 0 Å². The van der Waals surface area contributed by atoms with Crippen molar-refractivity contribution in [3.8, 4) is 18.1 Å². The number of terminal acetylenes is 1. The summed E-state index contributed by atoms with van der Waals surface area (Å²) in [6.45, 7) is 6.29. The Labute approximate surface area is 189 Å². The molecular weight excluding hydrogens is 408 g/mol. The Morgan fingerprint density at radius 3 is 2.47 bits per heavy atom. The summed E-state index contributed by atoms with van der Waals surface area (Å²) in [6, 6.07) is 5.73. The number of ether oxygens (including phenoxy) is 3. The Kier molecular flexibility index (Phi) is 5.56. The highest BCUT2D eigenvalue weighted by Crippen LogP contribution is 2.65. The minimum atomic E-state index is -0.994. The first kappa shape index (κ1) is 22.4. The zero-order valence-electron chi connectivity index (χ0n) is 19.1. The van der Waals surface area contributed by atoms with Gasteiger partial charge in [0, 0.05) is 32.1 Å². The molecule has 0 aliphatic heterocycles. The Hall–Kier alpha value is -2.81. The van der Waals surface area contributed by atoms with E-state index in [9.17, 15) is 14.4 Å². The number of aryl methyl sites for hydroxylation is 1. The topological polar surface area (TPSA) is 78.9 Å². The molecule has 0 heterocycles. The molecular formula is C26H30O6. The minimum Gasteiger partial charge on any atom is -0.462 e. The van der Waals surface area contributed by atoms with Crippen LogP contribution in [0.15, 0.2) is 18.2 Å². The van der Waals surface area contributed by atoms with Gasteiger partial charge < -0.3 is 14.2 Å². The number of hydrogen-bond donors (Lipinski definition) is 0. The van der Waals surface area contributed by atoms with Gasteiger partial charge >= 0.3 is 17.9 Å². The molecule has 2 fully saturated rings. The van der Waals surface area contributed by atoms with Crippen LogP contribution in [0.25, 0.3) is 0 Å². The molecule has 0 spiro atoms. The monoisotopic (exact) mass is 438 g/mol. The van der Waals surface area contributed by atoms with Gasteiger partial charge in [-0.1, -0.05) is 18.9 Å². The molecule has 3 aliphatic carbocycles. The maximum absolute atomic E-state index is 12.1. The van der Waals surface area contributed by atoms with E-state index in [4.69, 9.17) is 20.6 Å². The quantitative estimate of drug-likeness (QED) is 0.404. The highest BCUT2D eigenvalue weighted by atomic mass is 16.6. The van der Waals surface area contributed by atoms with E-state index in [1.807, 2.05) is 12.1 Å². The summed E-state index contributed by atoms with van der Waals surface area (Å²) >= 11 is 0. The molecule has 0 radical (unpaired) electrons. The SMILES string of the molecule is C#C[C@@]1(OC(C)=O)CC[C@@H]2[C@@H]3CCc4cc(OC(C)=O)ccc4[C@@H]3[C@@H](OC(C)=O)C[C@@]21C. The van der Waals surface area contributed by atoms with E-state index in [-0.39, 0.29) is 41.8 Å². The Bertz CT molecular complexity index is 1010. The van der Waals surface area contributed by atoms with Gasteiger partial charge in [-0.15, -0.1) is 6.42 Å². The van der Waals surface area contributed by atoms with Crippen molar-refractivity contribution < 1.29 is 28.6 Å². The summed E-state index contributed by atoms with van der Waals surface area (Å²) in [6.07, 6.45) is 9.34. The second-order valence-electron chi connectivity index (χ2n) is 9.66. The van der Waals surface area contributed by atoms with Gasteiger partial charge in [-0.25, -0.2) is 0 Å². The van der Waals surface area contributed by atoms with E-state index in [1.54, 1.807) is 6.07 Å². The molecule has 0 saturated heterocycles. The first-order chi connectivity index (χ1) is 15.1. The summed E-state index contributed by atoms with van der Waals surface area (Å²) in [5, 5.41) is 0. The fraction of sp³-hybridized carbons (Fsp3) is 0.577. The van der Waals surface area contributed by atoms with E-state index in [2.05, 4.69) is 12.8 Å². The van der Waals surface area contributed by atoms with E-state index in [0.29, 0.717) is 18.6 Å². The zero-order chi connectivity index (χ0) is 23.3. The van der Waals surface area contributed by atoms with Crippen molar-refractivity contribution >= 4 is 17.9 Å². The van der Waals surface area contributed by atoms with Crippen LogP contribution >= 0.6 is 0 Å². The number of carbonyl (C=O) groups is 3. The van der Waals surface area contributed by atoms with Crippen molar-refractivity contribution in [1.82, 2.24) is 0 Å². The third-order valence-corrected chi connectivity index (χ3v) is 7.90. The molecule has 4 rings (SSSR count).